The average Bonchev–Trinajstić information content (AvgIpc) is 2.60. The number of hydrogen-bond acceptors (Lipinski definition) is 4. The van der Waals surface area contributed by atoms with Crippen LogP contribution in [-0.2, 0) is 9.53 Å². The van der Waals surface area contributed by atoms with E-state index in [1.54, 1.807) is 0 Å². The fourth-order valence-electron chi connectivity index (χ4n) is 3.31. The van der Waals surface area contributed by atoms with Crippen molar-refractivity contribution in [2.45, 2.75) is 71.1 Å². The van der Waals surface area contributed by atoms with Gasteiger partial charge in [0.05, 0.1) is 0 Å². The zero-order valence-corrected chi connectivity index (χ0v) is 15.1. The van der Waals surface area contributed by atoms with Gasteiger partial charge in [0.1, 0.15) is 24.0 Å². The summed E-state index contributed by atoms with van der Waals surface area (Å²) in [6.45, 7) is 6.40. The van der Waals surface area contributed by atoms with Crippen molar-refractivity contribution in [1.29, 1.82) is 0 Å². The first-order valence-corrected chi connectivity index (χ1v) is 9.15. The van der Waals surface area contributed by atoms with E-state index in [2.05, 4.69) is 13.8 Å². The first-order valence-electron chi connectivity index (χ1n) is 9.15. The quantitative estimate of drug-likeness (QED) is 0.829. The van der Waals surface area contributed by atoms with E-state index >= 15 is 0 Å². The molecule has 1 saturated heterocycles. The molecule has 0 aliphatic carbocycles. The van der Waals surface area contributed by atoms with Crippen molar-refractivity contribution >= 4 is 5.97 Å². The van der Waals surface area contributed by atoms with Gasteiger partial charge in [-0.3, -0.25) is 4.79 Å². The Bertz CT molecular complexity index is 503. The van der Waals surface area contributed by atoms with Crippen LogP contribution < -0.4 is 10.5 Å². The van der Waals surface area contributed by atoms with E-state index in [1.165, 1.54) is 0 Å². The molecule has 134 valence electrons. The molecule has 0 radical (unpaired) electrons. The fraction of sp³-hybridized carbons (Fsp3) is 0.650. The van der Waals surface area contributed by atoms with Gasteiger partial charge in [0.15, 0.2) is 0 Å². The van der Waals surface area contributed by atoms with Gasteiger partial charge in [0, 0.05) is 0 Å². The van der Waals surface area contributed by atoms with Crippen LogP contribution >= 0.6 is 0 Å². The first-order chi connectivity index (χ1) is 11.5. The summed E-state index contributed by atoms with van der Waals surface area (Å²) in [4.78, 5) is 12.1. The lowest BCUT2D eigenvalue weighted by Crippen LogP contribution is -2.41. The third-order valence-corrected chi connectivity index (χ3v) is 4.75. The maximum absolute atomic E-state index is 12.1. The number of esters is 1. The van der Waals surface area contributed by atoms with Crippen LogP contribution in [0.25, 0.3) is 0 Å². The molecular weight excluding hydrogens is 302 g/mol. The number of hydrogen-bond donors (Lipinski definition) is 1. The molecule has 4 unspecified atom stereocenters. The van der Waals surface area contributed by atoms with Gasteiger partial charge in [0.25, 0.3) is 0 Å². The second-order valence-electron chi connectivity index (χ2n) is 7.31. The van der Waals surface area contributed by atoms with Gasteiger partial charge in [-0.1, -0.05) is 44.9 Å². The summed E-state index contributed by atoms with van der Waals surface area (Å²) in [5.41, 5.74) is 5.93. The zero-order valence-electron chi connectivity index (χ0n) is 15.1. The van der Waals surface area contributed by atoms with Gasteiger partial charge >= 0.3 is 5.97 Å². The summed E-state index contributed by atoms with van der Waals surface area (Å²) in [7, 11) is 0. The highest BCUT2D eigenvalue weighted by Gasteiger charge is 2.34. The second kappa shape index (κ2) is 9.07. The van der Waals surface area contributed by atoms with Crippen molar-refractivity contribution in [1.82, 2.24) is 0 Å². The molecule has 4 nitrogen and oxygen atoms in total. The van der Waals surface area contributed by atoms with Crippen molar-refractivity contribution < 1.29 is 14.3 Å². The molecule has 1 aliphatic rings. The summed E-state index contributed by atoms with van der Waals surface area (Å²) in [5, 5.41) is 0. The Morgan fingerprint density at radius 2 is 1.96 bits per heavy atom. The molecule has 0 saturated carbocycles. The lowest BCUT2D eigenvalue weighted by atomic mass is 9.86. The molecular formula is C20H31NO3. The van der Waals surface area contributed by atoms with Crippen LogP contribution in [0.5, 0.6) is 5.75 Å². The smallest absolute Gasteiger partial charge is 0.323 e. The van der Waals surface area contributed by atoms with Gasteiger partial charge in [0.2, 0.25) is 0 Å². The largest absolute Gasteiger partial charge is 0.486 e. The molecule has 0 spiro atoms. The molecule has 0 amide bonds. The number of carbonyl (C=O) groups excluding carboxylic acids is 1. The number of para-hydroxylation sites is 1. The third-order valence-electron chi connectivity index (χ3n) is 4.75. The highest BCUT2D eigenvalue weighted by molar-refractivity contribution is 5.75. The first kappa shape index (κ1) is 18.8. The number of benzene rings is 1. The maximum Gasteiger partial charge on any atom is 0.323 e. The molecule has 2 rings (SSSR count). The number of nitrogens with two attached hydrogens (primary N) is 1. The number of ether oxygens (including phenoxy) is 2. The van der Waals surface area contributed by atoms with E-state index < -0.39 is 6.04 Å². The van der Waals surface area contributed by atoms with E-state index in [-0.39, 0.29) is 18.2 Å². The van der Waals surface area contributed by atoms with Crippen molar-refractivity contribution in [2.24, 2.45) is 17.6 Å². The molecule has 4 heteroatoms. The maximum atomic E-state index is 12.1. The Kier molecular flexibility index (Phi) is 7.10. The molecule has 24 heavy (non-hydrogen) atoms. The Hall–Kier alpha value is -1.55. The van der Waals surface area contributed by atoms with Gasteiger partial charge in [-0.15, -0.1) is 0 Å². The molecule has 2 N–H and O–H groups in total. The van der Waals surface area contributed by atoms with Crippen LogP contribution in [0, 0.1) is 11.8 Å². The molecule has 1 heterocycles. The Morgan fingerprint density at radius 3 is 2.62 bits per heavy atom. The normalized spacial score (nSPS) is 28.6. The highest BCUT2D eigenvalue weighted by Crippen LogP contribution is 2.29. The third kappa shape index (κ3) is 5.52. The van der Waals surface area contributed by atoms with E-state index in [1.807, 2.05) is 37.3 Å². The van der Waals surface area contributed by atoms with Crippen LogP contribution in [0.2, 0.25) is 0 Å². The van der Waals surface area contributed by atoms with Crippen molar-refractivity contribution in [3.63, 3.8) is 0 Å². The predicted octanol–water partition coefficient (Wildman–Crippen LogP) is 3.93. The van der Waals surface area contributed by atoms with Crippen LogP contribution in [0.1, 0.15) is 52.9 Å². The standard InChI is InChI=1S/C20H31NO3/c1-14(2)12-13-16-8-7-11-18(21)20(22)23-15(3)19(16)24-17-9-5-4-6-10-17/h4-6,9-10,14-16,18-19H,7-8,11-13,21H2,1-3H3. The van der Waals surface area contributed by atoms with Crippen molar-refractivity contribution in [3.05, 3.63) is 30.3 Å². The van der Waals surface area contributed by atoms with Gasteiger partial charge < -0.3 is 15.2 Å². The van der Waals surface area contributed by atoms with Gasteiger partial charge in [-0.25, -0.2) is 0 Å². The molecule has 0 aromatic heterocycles. The monoisotopic (exact) mass is 333 g/mol. The summed E-state index contributed by atoms with van der Waals surface area (Å²) in [6, 6.07) is 9.27. The molecule has 1 fully saturated rings. The number of rotatable bonds is 5. The zero-order chi connectivity index (χ0) is 17.5. The summed E-state index contributed by atoms with van der Waals surface area (Å²) in [5.74, 6) is 1.52. The van der Waals surface area contributed by atoms with E-state index in [9.17, 15) is 4.79 Å². The number of cyclic esters (lactones) is 1. The Morgan fingerprint density at radius 1 is 1.25 bits per heavy atom. The Balaban J connectivity index is 2.18. The van der Waals surface area contributed by atoms with Crippen LogP contribution in [0.3, 0.4) is 0 Å². The van der Waals surface area contributed by atoms with Crippen molar-refractivity contribution in [3.8, 4) is 5.75 Å². The molecule has 1 aromatic carbocycles. The highest BCUT2D eigenvalue weighted by atomic mass is 16.6. The topological polar surface area (TPSA) is 61.6 Å². The van der Waals surface area contributed by atoms with Crippen molar-refractivity contribution in [2.75, 3.05) is 0 Å². The van der Waals surface area contributed by atoms with E-state index in [0.29, 0.717) is 18.3 Å². The minimum absolute atomic E-state index is 0.139. The van der Waals surface area contributed by atoms with Crippen LogP contribution in [0.4, 0.5) is 0 Å². The molecule has 1 aromatic rings. The summed E-state index contributed by atoms with van der Waals surface area (Å²) in [6.07, 6.45) is 4.40. The van der Waals surface area contributed by atoms with Crippen LogP contribution in [-0.4, -0.2) is 24.2 Å². The molecule has 4 atom stereocenters. The Labute approximate surface area is 145 Å². The average molecular weight is 333 g/mol. The molecule has 1 aliphatic heterocycles. The minimum atomic E-state index is -0.520. The second-order valence-corrected chi connectivity index (χ2v) is 7.31. The minimum Gasteiger partial charge on any atom is -0.486 e. The lowest BCUT2D eigenvalue weighted by Gasteiger charge is -2.32. The number of carbonyl (C=O) groups is 1. The van der Waals surface area contributed by atoms with Crippen LogP contribution in [0.15, 0.2) is 30.3 Å². The molecule has 0 bridgehead atoms. The van der Waals surface area contributed by atoms with E-state index in [4.69, 9.17) is 15.2 Å². The summed E-state index contributed by atoms with van der Waals surface area (Å²) < 4.78 is 11.9. The lowest BCUT2D eigenvalue weighted by molar-refractivity contribution is -0.155. The predicted molar refractivity (Wildman–Crippen MR) is 95.8 cm³/mol. The summed E-state index contributed by atoms with van der Waals surface area (Å²) >= 11 is 0. The van der Waals surface area contributed by atoms with Gasteiger partial charge in [-0.2, -0.15) is 0 Å². The van der Waals surface area contributed by atoms with E-state index in [0.717, 1.165) is 31.4 Å². The fourth-order valence-corrected chi connectivity index (χ4v) is 3.31. The SMILES string of the molecule is CC(C)CCC1CCCC(N)C(=O)OC(C)C1Oc1ccccc1. The van der Waals surface area contributed by atoms with Gasteiger partial charge in [-0.05, 0) is 50.2 Å².